The van der Waals surface area contributed by atoms with E-state index in [-0.39, 0.29) is 108 Å². The first kappa shape index (κ1) is 104. The van der Waals surface area contributed by atoms with Gasteiger partial charge in [0.15, 0.2) is 0 Å². The van der Waals surface area contributed by atoms with E-state index in [2.05, 4.69) is 84.0 Å². The zero-order valence-corrected chi connectivity index (χ0v) is 33.4. The number of nitrogens with two attached hydrogens (primary N) is 16. The fraction of sp³-hybridized carbons (Fsp3) is 0.633. The Morgan fingerprint density at radius 2 is 0.677 bits per heavy atom. The van der Waals surface area contributed by atoms with Crippen LogP contribution in [-0.4, -0.2) is 45.3 Å². The third-order valence-corrected chi connectivity index (χ3v) is 7.49. The number of aryl methyl sites for hydroxylation is 1. The summed E-state index contributed by atoms with van der Waals surface area (Å²) in [4.78, 5) is 0. The SMILES string of the molecule is C.C.C.C.C.C.C.C.C.C.C.CC1CCC(CN)CC1.Cc1ccc(CN)cc1.NC1CCC(N)CC1.NCN.NCN.NCN.NCN.Nc1ccc(N)cc1.Nc1cccc(N)c1. The lowest BCUT2D eigenvalue weighted by Gasteiger charge is -2.24. The normalized spacial score (nSPS) is 14.6. The Balaban J connectivity index is -0.0000000335. The molecule has 0 aliphatic heterocycles. The third kappa shape index (κ3) is 81.1. The van der Waals surface area contributed by atoms with Gasteiger partial charge in [-0.25, -0.2) is 0 Å². The molecule has 2 aliphatic carbocycles. The minimum Gasteiger partial charge on any atom is -0.399 e. The highest BCUT2D eigenvalue weighted by atomic mass is 14.8. The van der Waals surface area contributed by atoms with Crippen molar-refractivity contribution in [1.29, 1.82) is 0 Å². The highest BCUT2D eigenvalue weighted by Crippen LogP contribution is 2.27. The summed E-state index contributed by atoms with van der Waals surface area (Å²) >= 11 is 0. The largest absolute Gasteiger partial charge is 0.399 e. The van der Waals surface area contributed by atoms with Crippen LogP contribution >= 0.6 is 0 Å². The maximum Gasteiger partial charge on any atom is 0.0403 e. The van der Waals surface area contributed by atoms with E-state index in [1.165, 1.54) is 36.8 Å². The van der Waals surface area contributed by atoms with E-state index in [4.69, 9.17) is 45.9 Å². The second-order valence-corrected chi connectivity index (χ2v) is 12.5. The molecular weight excluding hydrogens is 813 g/mol. The molecule has 2 fully saturated rings. The number of rotatable bonds is 2. The maximum absolute atomic E-state index is 5.64. The zero-order chi connectivity index (χ0) is 42.2. The minimum atomic E-state index is 0. The lowest BCUT2D eigenvalue weighted by Crippen LogP contribution is -2.33. The monoisotopic (exact) mass is 939 g/mol. The Morgan fingerprint density at radius 1 is 0.400 bits per heavy atom. The van der Waals surface area contributed by atoms with Crippen molar-refractivity contribution in [3.63, 3.8) is 0 Å². The number of anilines is 4. The third-order valence-electron chi connectivity index (χ3n) is 7.49. The smallest absolute Gasteiger partial charge is 0.0403 e. The summed E-state index contributed by atoms with van der Waals surface area (Å²) in [6.45, 7) is 6.96. The second-order valence-electron chi connectivity index (χ2n) is 12.5. The van der Waals surface area contributed by atoms with E-state index < -0.39 is 0 Å². The Bertz CT molecular complexity index is 1090. The summed E-state index contributed by atoms with van der Waals surface area (Å²) < 4.78 is 0. The van der Waals surface area contributed by atoms with Crippen LogP contribution in [0, 0.1) is 18.8 Å². The predicted molar refractivity (Wildman–Crippen MR) is 311 cm³/mol. The number of hydrogen-bond acceptors (Lipinski definition) is 16. The van der Waals surface area contributed by atoms with Crippen molar-refractivity contribution < 1.29 is 0 Å². The predicted octanol–water partition coefficient (Wildman–Crippen LogP) is 7.58. The fourth-order valence-electron chi connectivity index (χ4n) is 4.49. The standard InChI is InChI=1S/C8H17N.C8H11N.C6H14N2.2C6H8N2.4CH6N2.11CH4/c2*1-7-2-4-8(6-9)5-3-7;2*7-5-1-2-6(8)4-3-5;7-5-2-1-3-6(8)4-5;4*2-1-3;;;;;;;;;;;/h7-8H,2-6,9H2,1H3;2-5H,6,9H2,1H3;5-6H,1-4,7-8H2;2*1-4H,7-8H2;4*1-3H2;11*1H4. The van der Waals surface area contributed by atoms with E-state index in [9.17, 15) is 0 Å². The highest BCUT2D eigenvalue weighted by molar-refractivity contribution is 5.50. The molecule has 2 aliphatic rings. The molecule has 0 atom stereocenters. The van der Waals surface area contributed by atoms with Crippen LogP contribution in [0.5, 0.6) is 0 Å². The quantitative estimate of drug-likeness (QED) is 0.0869. The molecule has 0 spiro atoms. The van der Waals surface area contributed by atoms with Crippen molar-refractivity contribution in [3.05, 3.63) is 83.9 Å². The minimum absolute atomic E-state index is 0. The lowest BCUT2D eigenvalue weighted by atomic mass is 9.83. The second kappa shape index (κ2) is 77.6. The molecule has 32 N–H and O–H groups in total. The summed E-state index contributed by atoms with van der Waals surface area (Å²) in [6.07, 6.45) is 10.1. The Labute approximate surface area is 407 Å². The first-order valence-electron chi connectivity index (χ1n) is 18.5. The molecule has 0 radical (unpaired) electrons. The molecule has 3 aromatic carbocycles. The van der Waals surface area contributed by atoms with Crippen LogP contribution in [-0.2, 0) is 6.54 Å². The maximum atomic E-state index is 5.64. The van der Waals surface area contributed by atoms with E-state index in [0.717, 1.165) is 55.4 Å². The van der Waals surface area contributed by atoms with Gasteiger partial charge in [-0.3, -0.25) is 0 Å². The molecule has 0 saturated heterocycles. The summed E-state index contributed by atoms with van der Waals surface area (Å²) in [6, 6.07) is 23.4. The van der Waals surface area contributed by atoms with Crippen molar-refractivity contribution in [1.82, 2.24) is 0 Å². The molecule has 0 bridgehead atoms. The van der Waals surface area contributed by atoms with E-state index in [0.29, 0.717) is 30.0 Å². The van der Waals surface area contributed by atoms with Crippen LogP contribution in [0.25, 0.3) is 0 Å². The highest BCUT2D eigenvalue weighted by Gasteiger charge is 2.16. The molecule has 0 heterocycles. The number of nitrogen functional groups attached to an aromatic ring is 4. The number of hydrogen-bond donors (Lipinski definition) is 16. The van der Waals surface area contributed by atoms with Crippen LogP contribution in [0.4, 0.5) is 22.7 Å². The molecule has 16 nitrogen and oxygen atoms in total. The molecule has 2 saturated carbocycles. The van der Waals surface area contributed by atoms with Crippen molar-refractivity contribution in [3.8, 4) is 0 Å². The first-order valence-corrected chi connectivity index (χ1v) is 18.5. The van der Waals surface area contributed by atoms with Gasteiger partial charge in [0.25, 0.3) is 0 Å². The zero-order valence-electron chi connectivity index (χ0n) is 33.4. The fourth-order valence-corrected chi connectivity index (χ4v) is 4.49. The molecule has 5 rings (SSSR count). The summed E-state index contributed by atoms with van der Waals surface area (Å²) in [7, 11) is 0. The van der Waals surface area contributed by atoms with Gasteiger partial charge in [-0.05, 0) is 112 Å². The average molecular weight is 940 g/mol. The molecule has 0 amide bonds. The van der Waals surface area contributed by atoms with Gasteiger partial charge < -0.3 is 91.7 Å². The van der Waals surface area contributed by atoms with E-state index in [1.807, 2.05) is 6.07 Å². The van der Waals surface area contributed by atoms with Gasteiger partial charge in [0.1, 0.15) is 0 Å². The average Bonchev–Trinajstić information content (AvgIpc) is 3.14. The Morgan fingerprint density at radius 3 is 0.892 bits per heavy atom. The molecule has 3 aromatic rings. The van der Waals surface area contributed by atoms with Crippen LogP contribution < -0.4 is 91.7 Å². The van der Waals surface area contributed by atoms with Gasteiger partial charge in [-0.15, -0.1) is 0 Å². The lowest BCUT2D eigenvalue weighted by molar-refractivity contribution is 0.296. The van der Waals surface area contributed by atoms with Crippen LogP contribution in [0.15, 0.2) is 72.8 Å². The molecular formula is C49H126N16. The van der Waals surface area contributed by atoms with Crippen LogP contribution in [0.1, 0.15) is 151 Å². The van der Waals surface area contributed by atoms with Crippen LogP contribution in [0.2, 0.25) is 0 Å². The molecule has 16 heteroatoms. The summed E-state index contributed by atoms with van der Waals surface area (Å²) in [5, 5.41) is 0. The summed E-state index contributed by atoms with van der Waals surface area (Å²) in [5.74, 6) is 1.81. The van der Waals surface area contributed by atoms with Gasteiger partial charge in [0.05, 0.1) is 0 Å². The van der Waals surface area contributed by atoms with E-state index in [1.54, 1.807) is 42.5 Å². The van der Waals surface area contributed by atoms with Gasteiger partial charge in [-0.2, -0.15) is 0 Å². The van der Waals surface area contributed by atoms with Gasteiger partial charge in [-0.1, -0.05) is 137 Å². The molecule has 65 heavy (non-hydrogen) atoms. The molecule has 0 unspecified atom stereocenters. The Hall–Kier alpha value is -3.62. The van der Waals surface area contributed by atoms with Crippen molar-refractivity contribution in [2.75, 3.05) is 56.2 Å². The topological polar surface area (TPSA) is 416 Å². The van der Waals surface area contributed by atoms with Crippen LogP contribution in [0.3, 0.4) is 0 Å². The Kier molecular flexibility index (Phi) is 124. The van der Waals surface area contributed by atoms with Crippen molar-refractivity contribution in [2.45, 2.75) is 166 Å². The first-order chi connectivity index (χ1) is 25.7. The van der Waals surface area contributed by atoms with Crippen molar-refractivity contribution in [2.24, 2.45) is 80.6 Å². The van der Waals surface area contributed by atoms with E-state index >= 15 is 0 Å². The van der Waals surface area contributed by atoms with Gasteiger partial charge >= 0.3 is 0 Å². The molecule has 0 aromatic heterocycles. The molecule has 402 valence electrons. The number of benzene rings is 3. The van der Waals surface area contributed by atoms with Gasteiger partial charge in [0.2, 0.25) is 0 Å². The summed E-state index contributed by atoms with van der Waals surface area (Å²) in [5.41, 5.74) is 86.1. The van der Waals surface area contributed by atoms with Crippen molar-refractivity contribution >= 4 is 22.7 Å². The van der Waals surface area contributed by atoms with Gasteiger partial charge in [0, 0.05) is 68.1 Å².